The minimum atomic E-state index is -0.466. The number of aryl methyl sites for hydroxylation is 1. The van der Waals surface area contributed by atoms with Gasteiger partial charge in [-0.05, 0) is 12.1 Å². The minimum Gasteiger partial charge on any atom is -0.275 e. The van der Waals surface area contributed by atoms with E-state index < -0.39 is 5.82 Å². The van der Waals surface area contributed by atoms with Crippen molar-refractivity contribution in [1.29, 1.82) is 0 Å². The Kier molecular flexibility index (Phi) is 2.63. The molecule has 0 N–H and O–H groups in total. The molecule has 1 aliphatic heterocycles. The summed E-state index contributed by atoms with van der Waals surface area (Å²) in [5.41, 5.74) is 1.54. The molecular formula is C13H11FN4O. The monoisotopic (exact) mass is 258 g/mol. The molecule has 1 aromatic heterocycles. The van der Waals surface area contributed by atoms with Crippen LogP contribution >= 0.6 is 0 Å². The third kappa shape index (κ3) is 2.01. The smallest absolute Gasteiger partial charge is 0.253 e. The van der Waals surface area contributed by atoms with Crippen LogP contribution in [-0.4, -0.2) is 21.4 Å². The fourth-order valence-corrected chi connectivity index (χ4v) is 1.97. The van der Waals surface area contributed by atoms with E-state index in [0.29, 0.717) is 5.71 Å². The molecule has 1 aromatic carbocycles. The highest BCUT2D eigenvalue weighted by Crippen LogP contribution is 2.25. The highest BCUT2D eigenvalue weighted by Gasteiger charge is 2.28. The van der Waals surface area contributed by atoms with Crippen LogP contribution in [0.15, 0.2) is 41.8 Å². The summed E-state index contributed by atoms with van der Waals surface area (Å²) in [4.78, 5) is 11.9. The Morgan fingerprint density at radius 3 is 2.79 bits per heavy atom. The Labute approximate surface area is 109 Å². The Morgan fingerprint density at radius 2 is 2.11 bits per heavy atom. The molecule has 3 rings (SSSR count). The van der Waals surface area contributed by atoms with Crippen LogP contribution in [0.2, 0.25) is 0 Å². The van der Waals surface area contributed by atoms with Crippen LogP contribution in [0.1, 0.15) is 12.0 Å². The molecule has 1 aliphatic rings. The van der Waals surface area contributed by atoms with Crippen LogP contribution in [-0.2, 0) is 11.8 Å². The highest BCUT2D eigenvalue weighted by atomic mass is 19.1. The second-order valence-electron chi connectivity index (χ2n) is 4.28. The van der Waals surface area contributed by atoms with Crippen molar-refractivity contribution in [3.8, 4) is 0 Å². The summed E-state index contributed by atoms with van der Waals surface area (Å²) in [6.07, 6.45) is 3.56. The van der Waals surface area contributed by atoms with E-state index in [1.807, 2.05) is 0 Å². The maximum Gasteiger partial charge on any atom is 0.253 e. The number of carbonyl (C=O) groups excluding carboxylic acids is 1. The van der Waals surface area contributed by atoms with E-state index in [9.17, 15) is 9.18 Å². The molecule has 2 aromatic rings. The lowest BCUT2D eigenvalue weighted by Gasteiger charge is -2.11. The van der Waals surface area contributed by atoms with Crippen LogP contribution in [0.3, 0.4) is 0 Å². The first kappa shape index (κ1) is 11.6. The Hall–Kier alpha value is -2.50. The Morgan fingerprint density at radius 1 is 1.32 bits per heavy atom. The molecular weight excluding hydrogens is 247 g/mol. The minimum absolute atomic E-state index is 0.153. The van der Waals surface area contributed by atoms with Crippen LogP contribution in [0.5, 0.6) is 0 Å². The lowest BCUT2D eigenvalue weighted by molar-refractivity contribution is -0.116. The molecule has 0 unspecified atom stereocenters. The first-order valence-corrected chi connectivity index (χ1v) is 5.79. The fourth-order valence-electron chi connectivity index (χ4n) is 1.97. The van der Waals surface area contributed by atoms with Crippen LogP contribution in [0.4, 0.5) is 10.1 Å². The first-order chi connectivity index (χ1) is 9.15. The van der Waals surface area contributed by atoms with Gasteiger partial charge in [0, 0.05) is 18.8 Å². The average Bonchev–Trinajstić information content (AvgIpc) is 2.96. The maximum absolute atomic E-state index is 13.7. The van der Waals surface area contributed by atoms with E-state index >= 15 is 0 Å². The second-order valence-corrected chi connectivity index (χ2v) is 4.28. The summed E-state index contributed by atoms with van der Waals surface area (Å²) in [6.45, 7) is 0. The molecule has 5 nitrogen and oxygen atoms in total. The number of amides is 1. The number of hydrazone groups is 1. The number of anilines is 1. The number of halogens is 1. The van der Waals surface area contributed by atoms with E-state index in [4.69, 9.17) is 0 Å². The predicted molar refractivity (Wildman–Crippen MR) is 68.2 cm³/mol. The van der Waals surface area contributed by atoms with Crippen molar-refractivity contribution in [1.82, 2.24) is 9.78 Å². The molecule has 0 spiro atoms. The molecule has 0 bridgehead atoms. The SMILES string of the molecule is Cn1cc(C2=NN(c3ccccc3F)C(=O)C2)cn1. The van der Waals surface area contributed by atoms with Gasteiger partial charge in [0.15, 0.2) is 0 Å². The number of hydrogen-bond acceptors (Lipinski definition) is 3. The zero-order valence-electron chi connectivity index (χ0n) is 10.2. The van der Waals surface area contributed by atoms with Gasteiger partial charge < -0.3 is 0 Å². The van der Waals surface area contributed by atoms with Gasteiger partial charge in [-0.25, -0.2) is 4.39 Å². The van der Waals surface area contributed by atoms with E-state index in [1.165, 1.54) is 12.1 Å². The fraction of sp³-hybridized carbons (Fsp3) is 0.154. The van der Waals surface area contributed by atoms with Crippen LogP contribution in [0.25, 0.3) is 0 Å². The molecule has 0 fully saturated rings. The molecule has 1 amide bonds. The summed E-state index contributed by atoms with van der Waals surface area (Å²) in [6, 6.07) is 6.08. The normalized spacial score (nSPS) is 14.9. The highest BCUT2D eigenvalue weighted by molar-refractivity contribution is 6.19. The van der Waals surface area contributed by atoms with Crippen molar-refractivity contribution in [2.24, 2.45) is 12.1 Å². The van der Waals surface area contributed by atoms with Crippen LogP contribution < -0.4 is 5.01 Å². The predicted octanol–water partition coefficient (Wildman–Crippen LogP) is 1.70. The van der Waals surface area contributed by atoms with Gasteiger partial charge in [0.05, 0.1) is 18.3 Å². The molecule has 19 heavy (non-hydrogen) atoms. The summed E-state index contributed by atoms with van der Waals surface area (Å²) >= 11 is 0. The van der Waals surface area contributed by atoms with Crippen LogP contribution in [0, 0.1) is 5.82 Å². The van der Waals surface area contributed by atoms with Gasteiger partial charge in [0.25, 0.3) is 5.91 Å². The lowest BCUT2D eigenvalue weighted by atomic mass is 10.1. The zero-order chi connectivity index (χ0) is 13.4. The van der Waals surface area contributed by atoms with Gasteiger partial charge in [-0.15, -0.1) is 0 Å². The second kappa shape index (κ2) is 4.31. The molecule has 0 saturated heterocycles. The average molecular weight is 258 g/mol. The van der Waals surface area contributed by atoms with Crippen molar-refractivity contribution < 1.29 is 9.18 Å². The largest absolute Gasteiger partial charge is 0.275 e. The zero-order valence-corrected chi connectivity index (χ0v) is 10.2. The molecule has 0 saturated carbocycles. The number of rotatable bonds is 2. The van der Waals surface area contributed by atoms with Gasteiger partial charge in [-0.1, -0.05) is 12.1 Å². The van der Waals surface area contributed by atoms with Crippen molar-refractivity contribution in [3.63, 3.8) is 0 Å². The van der Waals surface area contributed by atoms with Gasteiger partial charge in [0.2, 0.25) is 0 Å². The third-order valence-electron chi connectivity index (χ3n) is 2.89. The van der Waals surface area contributed by atoms with E-state index in [1.54, 1.807) is 36.3 Å². The number of hydrogen-bond donors (Lipinski definition) is 0. The van der Waals surface area contributed by atoms with E-state index in [-0.39, 0.29) is 18.0 Å². The Bertz CT molecular complexity index is 677. The maximum atomic E-state index is 13.7. The topological polar surface area (TPSA) is 50.5 Å². The third-order valence-corrected chi connectivity index (χ3v) is 2.89. The molecule has 96 valence electrons. The summed E-state index contributed by atoms with van der Waals surface area (Å²) in [5, 5.41) is 9.33. The van der Waals surface area contributed by atoms with E-state index in [0.717, 1.165) is 10.6 Å². The van der Waals surface area contributed by atoms with Gasteiger partial charge >= 0.3 is 0 Å². The Balaban J connectivity index is 1.98. The molecule has 0 radical (unpaired) electrons. The number of nitrogens with zero attached hydrogens (tertiary/aromatic N) is 4. The van der Waals surface area contributed by atoms with Crippen molar-refractivity contribution in [3.05, 3.63) is 48.0 Å². The molecule has 6 heteroatoms. The number of para-hydroxylation sites is 1. The van der Waals surface area contributed by atoms with Crippen molar-refractivity contribution in [2.45, 2.75) is 6.42 Å². The van der Waals surface area contributed by atoms with Crippen molar-refractivity contribution >= 4 is 17.3 Å². The number of carbonyl (C=O) groups is 1. The van der Waals surface area contributed by atoms with Crippen molar-refractivity contribution in [2.75, 3.05) is 5.01 Å². The van der Waals surface area contributed by atoms with E-state index in [2.05, 4.69) is 10.2 Å². The van der Waals surface area contributed by atoms with Gasteiger partial charge in [0.1, 0.15) is 11.5 Å². The quantitative estimate of drug-likeness (QED) is 0.823. The summed E-state index contributed by atoms with van der Waals surface area (Å²) < 4.78 is 15.3. The number of aromatic nitrogens is 2. The molecule has 0 aliphatic carbocycles. The lowest BCUT2D eigenvalue weighted by Crippen LogP contribution is -2.20. The summed E-state index contributed by atoms with van der Waals surface area (Å²) in [7, 11) is 1.79. The van der Waals surface area contributed by atoms with Gasteiger partial charge in [-0.2, -0.15) is 15.2 Å². The standard InChI is InChI=1S/C13H11FN4O/c1-17-8-9(7-15-17)11-6-13(19)18(16-11)12-5-3-2-4-10(12)14/h2-5,7-8H,6H2,1H3. The van der Waals surface area contributed by atoms with Gasteiger partial charge in [-0.3, -0.25) is 9.48 Å². The number of benzene rings is 1. The molecule has 2 heterocycles. The molecule has 0 atom stereocenters. The first-order valence-electron chi connectivity index (χ1n) is 5.79. The summed E-state index contributed by atoms with van der Waals surface area (Å²) in [5.74, 6) is -0.712.